The molecule has 0 amide bonds. The van der Waals surface area contributed by atoms with Gasteiger partial charge in [0.1, 0.15) is 12.4 Å². The van der Waals surface area contributed by atoms with E-state index in [4.69, 9.17) is 4.74 Å². The lowest BCUT2D eigenvalue weighted by atomic mass is 10.0. The zero-order chi connectivity index (χ0) is 15.8. The molecule has 1 atom stereocenters. The molecule has 0 heterocycles. The molecule has 1 unspecified atom stereocenters. The number of ether oxygens (including phenoxy) is 1. The van der Waals surface area contributed by atoms with E-state index in [1.54, 1.807) is 0 Å². The molecule has 2 heteroatoms. The van der Waals surface area contributed by atoms with E-state index >= 15 is 0 Å². The summed E-state index contributed by atoms with van der Waals surface area (Å²) in [5.74, 6) is 2.32. The normalized spacial score (nSPS) is 13.0. The van der Waals surface area contributed by atoms with Gasteiger partial charge < -0.3 is 10.1 Å². The fraction of sp³-hybridized carbons (Fsp3) is 0.684. The summed E-state index contributed by atoms with van der Waals surface area (Å²) in [6.07, 6.45) is 2.52. The summed E-state index contributed by atoms with van der Waals surface area (Å²) in [6.45, 7) is 15.0. The van der Waals surface area contributed by atoms with Crippen LogP contribution in [0.2, 0.25) is 0 Å². The molecular weight excluding hydrogens is 258 g/mol. The van der Waals surface area contributed by atoms with Crippen molar-refractivity contribution in [2.45, 2.75) is 66.3 Å². The SMILES string of the molecule is Cc1cc(OCCNC(C)CCC(C)C)cc(C(C)C)c1. The number of benzene rings is 1. The molecule has 0 spiro atoms. The van der Waals surface area contributed by atoms with Gasteiger partial charge in [-0.05, 0) is 61.8 Å². The average Bonchev–Trinajstić information content (AvgIpc) is 2.40. The van der Waals surface area contributed by atoms with Crippen LogP contribution in [-0.2, 0) is 0 Å². The lowest BCUT2D eigenvalue weighted by Gasteiger charge is -2.16. The Morgan fingerprint density at radius 3 is 2.33 bits per heavy atom. The summed E-state index contributed by atoms with van der Waals surface area (Å²) in [4.78, 5) is 0. The van der Waals surface area contributed by atoms with Crippen LogP contribution in [0.5, 0.6) is 5.75 Å². The van der Waals surface area contributed by atoms with E-state index < -0.39 is 0 Å². The minimum absolute atomic E-state index is 0.543. The number of hydrogen-bond acceptors (Lipinski definition) is 2. The Labute approximate surface area is 131 Å². The van der Waals surface area contributed by atoms with Crippen molar-refractivity contribution in [1.82, 2.24) is 5.32 Å². The molecule has 1 aromatic rings. The molecule has 0 fully saturated rings. The highest BCUT2D eigenvalue weighted by Gasteiger charge is 2.05. The third-order valence-electron chi connectivity index (χ3n) is 3.78. The van der Waals surface area contributed by atoms with Gasteiger partial charge in [-0.25, -0.2) is 0 Å². The van der Waals surface area contributed by atoms with E-state index in [1.807, 2.05) is 0 Å². The van der Waals surface area contributed by atoms with Crippen LogP contribution in [0.15, 0.2) is 18.2 Å². The maximum absolute atomic E-state index is 5.89. The molecule has 1 rings (SSSR count). The number of rotatable bonds is 9. The van der Waals surface area contributed by atoms with Crippen LogP contribution >= 0.6 is 0 Å². The van der Waals surface area contributed by atoms with Gasteiger partial charge in [-0.3, -0.25) is 0 Å². The van der Waals surface area contributed by atoms with Crippen LogP contribution in [-0.4, -0.2) is 19.2 Å². The maximum atomic E-state index is 5.89. The van der Waals surface area contributed by atoms with Gasteiger partial charge in [0.05, 0.1) is 0 Å². The summed E-state index contributed by atoms with van der Waals surface area (Å²) >= 11 is 0. The van der Waals surface area contributed by atoms with Crippen LogP contribution in [0.3, 0.4) is 0 Å². The molecule has 2 nitrogen and oxygen atoms in total. The Kier molecular flexibility index (Phi) is 7.81. The third kappa shape index (κ3) is 7.52. The Morgan fingerprint density at radius 1 is 1.00 bits per heavy atom. The fourth-order valence-electron chi connectivity index (χ4n) is 2.35. The quantitative estimate of drug-likeness (QED) is 0.653. The number of aryl methyl sites for hydroxylation is 1. The highest BCUT2D eigenvalue weighted by atomic mass is 16.5. The standard InChI is InChI=1S/C19H33NO/c1-14(2)7-8-17(6)20-9-10-21-19-12-16(5)11-18(13-19)15(3)4/h11-15,17,20H,7-10H2,1-6H3. The van der Waals surface area contributed by atoms with Crippen molar-refractivity contribution in [2.75, 3.05) is 13.2 Å². The zero-order valence-electron chi connectivity index (χ0n) is 14.7. The molecular formula is C19H33NO. The Bertz CT molecular complexity index is 412. The van der Waals surface area contributed by atoms with Crippen LogP contribution in [0, 0.1) is 12.8 Å². The van der Waals surface area contributed by atoms with Gasteiger partial charge in [0.2, 0.25) is 0 Å². The predicted octanol–water partition coefficient (Wildman–Crippen LogP) is 4.91. The summed E-state index contributed by atoms with van der Waals surface area (Å²) in [5, 5.41) is 3.54. The monoisotopic (exact) mass is 291 g/mol. The smallest absolute Gasteiger partial charge is 0.119 e. The second kappa shape index (κ2) is 9.09. The summed E-state index contributed by atoms with van der Waals surface area (Å²) in [6, 6.07) is 7.09. The van der Waals surface area contributed by atoms with E-state index in [9.17, 15) is 0 Å². The van der Waals surface area contributed by atoms with Crippen molar-refractivity contribution >= 4 is 0 Å². The molecule has 0 bridgehead atoms. The van der Waals surface area contributed by atoms with Gasteiger partial charge in [-0.2, -0.15) is 0 Å². The zero-order valence-corrected chi connectivity index (χ0v) is 14.7. The van der Waals surface area contributed by atoms with Crippen molar-refractivity contribution in [3.63, 3.8) is 0 Å². The molecule has 120 valence electrons. The first-order chi connectivity index (χ1) is 9.88. The van der Waals surface area contributed by atoms with Crippen molar-refractivity contribution in [3.8, 4) is 5.75 Å². The van der Waals surface area contributed by atoms with Crippen molar-refractivity contribution < 1.29 is 4.74 Å². The van der Waals surface area contributed by atoms with E-state index in [2.05, 4.69) is 65.1 Å². The molecule has 1 aromatic carbocycles. The molecule has 21 heavy (non-hydrogen) atoms. The van der Waals surface area contributed by atoms with E-state index in [-0.39, 0.29) is 0 Å². The Morgan fingerprint density at radius 2 is 1.71 bits per heavy atom. The largest absolute Gasteiger partial charge is 0.492 e. The molecule has 0 aliphatic heterocycles. The molecule has 0 saturated heterocycles. The molecule has 0 aromatic heterocycles. The van der Waals surface area contributed by atoms with Gasteiger partial charge >= 0.3 is 0 Å². The molecule has 0 aliphatic rings. The van der Waals surface area contributed by atoms with E-state index in [1.165, 1.54) is 24.0 Å². The van der Waals surface area contributed by atoms with Crippen molar-refractivity contribution in [1.29, 1.82) is 0 Å². The van der Waals surface area contributed by atoms with E-state index in [0.717, 1.165) is 24.8 Å². The van der Waals surface area contributed by atoms with Crippen LogP contribution in [0.1, 0.15) is 64.5 Å². The second-order valence-electron chi connectivity index (χ2n) is 6.91. The molecule has 0 radical (unpaired) electrons. The minimum atomic E-state index is 0.543. The minimum Gasteiger partial charge on any atom is -0.492 e. The first kappa shape index (κ1) is 18.0. The fourth-order valence-corrected chi connectivity index (χ4v) is 2.35. The summed E-state index contributed by atoms with van der Waals surface area (Å²) in [7, 11) is 0. The summed E-state index contributed by atoms with van der Waals surface area (Å²) < 4.78 is 5.89. The van der Waals surface area contributed by atoms with Crippen LogP contribution < -0.4 is 10.1 Å². The summed E-state index contributed by atoms with van der Waals surface area (Å²) in [5.41, 5.74) is 2.62. The second-order valence-corrected chi connectivity index (χ2v) is 6.91. The predicted molar refractivity (Wildman–Crippen MR) is 92.3 cm³/mol. The topological polar surface area (TPSA) is 21.3 Å². The average molecular weight is 291 g/mol. The molecule has 0 aliphatic carbocycles. The van der Waals surface area contributed by atoms with Gasteiger partial charge in [0.25, 0.3) is 0 Å². The van der Waals surface area contributed by atoms with Gasteiger partial charge in [0.15, 0.2) is 0 Å². The maximum Gasteiger partial charge on any atom is 0.119 e. The van der Waals surface area contributed by atoms with Gasteiger partial charge in [-0.15, -0.1) is 0 Å². The first-order valence-corrected chi connectivity index (χ1v) is 8.36. The lowest BCUT2D eigenvalue weighted by Crippen LogP contribution is -2.30. The Balaban J connectivity index is 2.32. The van der Waals surface area contributed by atoms with Crippen LogP contribution in [0.4, 0.5) is 0 Å². The number of nitrogens with one attached hydrogen (secondary N) is 1. The highest BCUT2D eigenvalue weighted by Crippen LogP contribution is 2.22. The van der Waals surface area contributed by atoms with Crippen molar-refractivity contribution in [2.24, 2.45) is 5.92 Å². The third-order valence-corrected chi connectivity index (χ3v) is 3.78. The van der Waals surface area contributed by atoms with Crippen molar-refractivity contribution in [3.05, 3.63) is 29.3 Å². The first-order valence-electron chi connectivity index (χ1n) is 8.36. The van der Waals surface area contributed by atoms with Gasteiger partial charge in [0, 0.05) is 12.6 Å². The Hall–Kier alpha value is -1.02. The van der Waals surface area contributed by atoms with Gasteiger partial charge in [-0.1, -0.05) is 33.8 Å². The highest BCUT2D eigenvalue weighted by molar-refractivity contribution is 5.35. The van der Waals surface area contributed by atoms with E-state index in [0.29, 0.717) is 12.0 Å². The number of hydrogen-bond donors (Lipinski definition) is 1. The molecule has 0 saturated carbocycles. The lowest BCUT2D eigenvalue weighted by molar-refractivity contribution is 0.302. The van der Waals surface area contributed by atoms with Crippen LogP contribution in [0.25, 0.3) is 0 Å². The molecule has 1 N–H and O–H groups in total.